The summed E-state index contributed by atoms with van der Waals surface area (Å²) in [5, 5.41) is 8.96. The summed E-state index contributed by atoms with van der Waals surface area (Å²) < 4.78 is 4.79. The van der Waals surface area contributed by atoms with Gasteiger partial charge in [-0.3, -0.25) is 14.4 Å². The summed E-state index contributed by atoms with van der Waals surface area (Å²) in [6, 6.07) is -0.649. The number of hydrogen-bond donors (Lipinski definition) is 1. The number of aliphatic hydroxyl groups is 1. The minimum absolute atomic E-state index is 0.0538. The third-order valence-electron chi connectivity index (χ3n) is 7.22. The highest BCUT2D eigenvalue weighted by molar-refractivity contribution is 8.02. The van der Waals surface area contributed by atoms with Crippen LogP contribution in [0, 0.1) is 11.8 Å². The first-order valence-corrected chi connectivity index (χ1v) is 13.0. The number of cyclic esters (lactones) is 1. The molecule has 4 aliphatic heterocycles. The number of ether oxygens (including phenoxy) is 1. The van der Waals surface area contributed by atoms with Gasteiger partial charge in [-0.1, -0.05) is 24.3 Å². The summed E-state index contributed by atoms with van der Waals surface area (Å²) in [6.45, 7) is 7.42. The number of esters is 1. The Morgan fingerprint density at radius 2 is 1.94 bits per heavy atom. The zero-order valence-corrected chi connectivity index (χ0v) is 20.7. The Balaban J connectivity index is 1.77. The molecular formula is C25H36N2O5S. The number of rotatable bonds is 5. The van der Waals surface area contributed by atoms with Crippen LogP contribution in [0.3, 0.4) is 0 Å². The first-order chi connectivity index (χ1) is 15.7. The maximum Gasteiger partial charge on any atom is 0.311 e. The highest BCUT2D eigenvalue weighted by Crippen LogP contribution is 2.60. The molecule has 0 aromatic rings. The molecule has 7 nitrogen and oxygen atoms in total. The van der Waals surface area contributed by atoms with E-state index >= 15 is 0 Å². The second-order valence-corrected chi connectivity index (χ2v) is 11.9. The van der Waals surface area contributed by atoms with Crippen molar-refractivity contribution in [2.75, 3.05) is 26.3 Å². The lowest BCUT2D eigenvalue weighted by atomic mass is 9.78. The third kappa shape index (κ3) is 4.25. The standard InChI is InChI=1S/C25H36N2O5S/c1-24(2,3)27-14-10-12-25-19(18-17(33-25)11-6-4-9-16-32-23(18)31)21(29)26(20(25)22(27)30)13-7-5-8-15-28/h6,10-12,17-20,28H,4-5,7-9,13-16H2,1-3H3/b11-6-/t17-,18+,19-,20?,25-/m0/s1. The Hall–Kier alpha value is -1.80. The van der Waals surface area contributed by atoms with Gasteiger partial charge in [-0.15, -0.1) is 11.8 Å². The predicted molar refractivity (Wildman–Crippen MR) is 127 cm³/mol. The Morgan fingerprint density at radius 1 is 1.15 bits per heavy atom. The normalized spacial score (nSPS) is 35.2. The maximum atomic E-state index is 14.0. The Labute approximate surface area is 200 Å². The Kier molecular flexibility index (Phi) is 6.97. The SMILES string of the molecule is CC(C)(C)N1CC=C[C@]23S[C@H]4/C=C\CCCOC(=O)[C@H]4[C@H]2C(=O)N(CCCCCO)C3C1=O. The zero-order chi connectivity index (χ0) is 23.8. The summed E-state index contributed by atoms with van der Waals surface area (Å²) >= 11 is 1.59. The van der Waals surface area contributed by atoms with Crippen LogP contribution in [0.4, 0.5) is 0 Å². The molecule has 182 valence electrons. The van der Waals surface area contributed by atoms with E-state index in [9.17, 15) is 14.4 Å². The largest absolute Gasteiger partial charge is 0.465 e. The fourth-order valence-electron chi connectivity index (χ4n) is 5.67. The molecule has 0 bridgehead atoms. The molecule has 8 heteroatoms. The Bertz CT molecular complexity index is 850. The summed E-state index contributed by atoms with van der Waals surface area (Å²) in [7, 11) is 0. The summed E-state index contributed by atoms with van der Waals surface area (Å²) in [5.74, 6) is -1.72. The lowest BCUT2D eigenvalue weighted by molar-refractivity contribution is -0.153. The van der Waals surface area contributed by atoms with E-state index in [1.54, 1.807) is 16.7 Å². The van der Waals surface area contributed by atoms with Gasteiger partial charge in [0.05, 0.1) is 23.2 Å². The molecule has 5 atom stereocenters. The Morgan fingerprint density at radius 3 is 2.67 bits per heavy atom. The lowest BCUT2D eigenvalue weighted by Gasteiger charge is -2.40. The van der Waals surface area contributed by atoms with Gasteiger partial charge in [0.1, 0.15) is 6.04 Å². The van der Waals surface area contributed by atoms with Crippen molar-refractivity contribution in [2.24, 2.45) is 11.8 Å². The lowest BCUT2D eigenvalue weighted by Crippen LogP contribution is -2.57. The number of amides is 2. The molecule has 1 unspecified atom stereocenters. The highest BCUT2D eigenvalue weighted by Gasteiger charge is 2.71. The number of unbranched alkanes of at least 4 members (excludes halogenated alkanes) is 2. The topological polar surface area (TPSA) is 87.2 Å². The van der Waals surface area contributed by atoms with Gasteiger partial charge in [0.25, 0.3) is 0 Å². The molecule has 0 aromatic carbocycles. The number of fused-ring (bicyclic) bond motifs is 2. The average Bonchev–Trinajstić information content (AvgIpc) is 3.15. The van der Waals surface area contributed by atoms with E-state index in [1.165, 1.54) is 0 Å². The zero-order valence-electron chi connectivity index (χ0n) is 19.9. The van der Waals surface area contributed by atoms with Crippen molar-refractivity contribution in [1.29, 1.82) is 0 Å². The van der Waals surface area contributed by atoms with Crippen molar-refractivity contribution in [3.8, 4) is 0 Å². The summed E-state index contributed by atoms with van der Waals surface area (Å²) in [5.41, 5.74) is -0.390. The second-order valence-electron chi connectivity index (χ2n) is 10.4. The first-order valence-electron chi connectivity index (χ1n) is 12.1. The van der Waals surface area contributed by atoms with Gasteiger partial charge in [0, 0.05) is 30.5 Å². The molecule has 33 heavy (non-hydrogen) atoms. The van der Waals surface area contributed by atoms with Crippen LogP contribution in [0.15, 0.2) is 24.3 Å². The van der Waals surface area contributed by atoms with Gasteiger partial charge in [0.15, 0.2) is 0 Å². The van der Waals surface area contributed by atoms with Crippen molar-refractivity contribution < 1.29 is 24.2 Å². The smallest absolute Gasteiger partial charge is 0.311 e. The van der Waals surface area contributed by atoms with Crippen LogP contribution in [0.1, 0.15) is 52.9 Å². The van der Waals surface area contributed by atoms with E-state index in [1.807, 2.05) is 37.8 Å². The van der Waals surface area contributed by atoms with Gasteiger partial charge in [-0.05, 0) is 52.9 Å². The van der Waals surface area contributed by atoms with Crippen LogP contribution < -0.4 is 0 Å². The van der Waals surface area contributed by atoms with Gasteiger partial charge in [-0.25, -0.2) is 0 Å². The van der Waals surface area contributed by atoms with E-state index < -0.39 is 28.2 Å². The first kappa shape index (κ1) is 24.3. The van der Waals surface area contributed by atoms with Crippen molar-refractivity contribution in [3.63, 3.8) is 0 Å². The molecule has 0 radical (unpaired) electrons. The number of aliphatic hydroxyl groups excluding tert-OH is 1. The minimum Gasteiger partial charge on any atom is -0.465 e. The molecule has 4 aliphatic rings. The van der Waals surface area contributed by atoms with Crippen LogP contribution in [-0.2, 0) is 19.1 Å². The quantitative estimate of drug-likeness (QED) is 0.373. The molecule has 0 aromatic heterocycles. The van der Waals surface area contributed by atoms with Crippen LogP contribution in [0.2, 0.25) is 0 Å². The van der Waals surface area contributed by atoms with Gasteiger partial charge in [-0.2, -0.15) is 0 Å². The molecule has 2 fully saturated rings. The van der Waals surface area contributed by atoms with E-state index in [-0.39, 0.29) is 29.6 Å². The average molecular weight is 477 g/mol. The van der Waals surface area contributed by atoms with Gasteiger partial charge < -0.3 is 19.6 Å². The van der Waals surface area contributed by atoms with E-state index in [0.29, 0.717) is 32.5 Å². The second kappa shape index (κ2) is 9.45. The molecule has 2 amide bonds. The number of likely N-dealkylation sites (tertiary alicyclic amines) is 1. The molecule has 1 N–H and O–H groups in total. The number of hydrogen-bond acceptors (Lipinski definition) is 6. The van der Waals surface area contributed by atoms with Crippen molar-refractivity contribution in [1.82, 2.24) is 9.80 Å². The van der Waals surface area contributed by atoms with Crippen molar-refractivity contribution >= 4 is 29.5 Å². The minimum atomic E-state index is -0.789. The summed E-state index contributed by atoms with van der Waals surface area (Å²) in [4.78, 5) is 44.7. The molecule has 0 aliphatic carbocycles. The summed E-state index contributed by atoms with van der Waals surface area (Å²) in [6.07, 6.45) is 11.9. The highest BCUT2D eigenvalue weighted by atomic mass is 32.2. The molecular weight excluding hydrogens is 440 g/mol. The fraction of sp³-hybridized carbons (Fsp3) is 0.720. The van der Waals surface area contributed by atoms with Crippen LogP contribution in [0.25, 0.3) is 0 Å². The maximum absolute atomic E-state index is 14.0. The number of thioether (sulfide) groups is 1. The van der Waals surface area contributed by atoms with E-state index in [0.717, 1.165) is 19.3 Å². The van der Waals surface area contributed by atoms with E-state index in [4.69, 9.17) is 9.84 Å². The molecule has 1 spiro atoms. The van der Waals surface area contributed by atoms with Crippen LogP contribution in [0.5, 0.6) is 0 Å². The molecule has 2 saturated heterocycles. The molecule has 0 saturated carbocycles. The van der Waals surface area contributed by atoms with Gasteiger partial charge >= 0.3 is 5.97 Å². The molecule has 4 rings (SSSR count). The predicted octanol–water partition coefficient (Wildman–Crippen LogP) is 2.54. The number of carbonyl (C=O) groups excluding carboxylic acids is 3. The van der Waals surface area contributed by atoms with Crippen molar-refractivity contribution in [3.05, 3.63) is 24.3 Å². The van der Waals surface area contributed by atoms with Crippen LogP contribution in [-0.4, -0.2) is 80.6 Å². The number of nitrogens with zero attached hydrogens (tertiary/aromatic N) is 2. The fourth-order valence-corrected chi connectivity index (χ4v) is 7.67. The van der Waals surface area contributed by atoms with E-state index in [2.05, 4.69) is 12.2 Å². The number of carbonyl (C=O) groups is 3. The molecule has 4 heterocycles. The monoisotopic (exact) mass is 476 g/mol. The number of allylic oxidation sites excluding steroid dienone is 1. The third-order valence-corrected chi connectivity index (χ3v) is 8.96. The van der Waals surface area contributed by atoms with Crippen LogP contribution >= 0.6 is 11.8 Å². The van der Waals surface area contributed by atoms with Gasteiger partial charge in [0.2, 0.25) is 11.8 Å². The van der Waals surface area contributed by atoms with Crippen molar-refractivity contribution in [2.45, 2.75) is 74.5 Å².